The van der Waals surface area contributed by atoms with Crippen LogP contribution in [0.4, 0.5) is 10.5 Å². The second-order valence-corrected chi connectivity index (χ2v) is 7.66. The average molecular weight is 443 g/mol. The van der Waals surface area contributed by atoms with E-state index in [9.17, 15) is 24.0 Å². The van der Waals surface area contributed by atoms with Gasteiger partial charge in [0.05, 0.1) is 5.56 Å². The monoisotopic (exact) mass is 443 g/mol. The van der Waals surface area contributed by atoms with Gasteiger partial charge in [-0.3, -0.25) is 29.4 Å². The molecule has 0 unspecified atom stereocenters. The zero-order valence-corrected chi connectivity index (χ0v) is 17.2. The summed E-state index contributed by atoms with van der Waals surface area (Å²) in [6.45, 7) is 0.461. The van der Waals surface area contributed by atoms with Gasteiger partial charge in [-0.15, -0.1) is 0 Å². The van der Waals surface area contributed by atoms with Gasteiger partial charge in [-0.25, -0.2) is 4.79 Å². The molecule has 0 radical (unpaired) electrons. The topological polar surface area (TPSA) is 126 Å². The first-order valence-corrected chi connectivity index (χ1v) is 10.2. The van der Waals surface area contributed by atoms with E-state index in [1.54, 1.807) is 48.5 Å². The summed E-state index contributed by atoms with van der Waals surface area (Å²) < 4.78 is 5.45. The molecule has 1 saturated heterocycles. The Hall–Kier alpha value is -4.53. The molecule has 0 bridgehead atoms. The van der Waals surface area contributed by atoms with Gasteiger partial charge in [0.15, 0.2) is 17.3 Å². The third-order valence-electron chi connectivity index (χ3n) is 5.58. The highest BCUT2D eigenvalue weighted by atomic mass is 16.4. The number of hydrogen-bond acceptors (Lipinski definition) is 6. The van der Waals surface area contributed by atoms with Crippen LogP contribution >= 0.6 is 0 Å². The summed E-state index contributed by atoms with van der Waals surface area (Å²) >= 11 is 0. The molecule has 1 aromatic heterocycles. The number of ketones is 2. The van der Waals surface area contributed by atoms with E-state index in [0.717, 1.165) is 5.56 Å². The van der Waals surface area contributed by atoms with Crippen molar-refractivity contribution in [3.63, 3.8) is 0 Å². The number of hydrogen-bond donors (Lipinski definition) is 2. The fourth-order valence-electron chi connectivity index (χ4n) is 3.86. The van der Waals surface area contributed by atoms with Crippen molar-refractivity contribution >= 4 is 35.1 Å². The average Bonchev–Trinajstić information content (AvgIpc) is 3.28. The highest BCUT2D eigenvalue weighted by molar-refractivity contribution is 6.27. The lowest BCUT2D eigenvalue weighted by Gasteiger charge is -2.26. The molecule has 2 aliphatic rings. The smallest absolute Gasteiger partial charge is 0.328 e. The van der Waals surface area contributed by atoms with Crippen LogP contribution in [0.25, 0.3) is 0 Å². The van der Waals surface area contributed by atoms with Crippen LogP contribution in [0.15, 0.2) is 59.0 Å². The molecule has 0 atom stereocenters. The van der Waals surface area contributed by atoms with Crippen LogP contribution in [0.2, 0.25) is 0 Å². The maximum Gasteiger partial charge on any atom is 0.328 e. The van der Waals surface area contributed by atoms with Crippen LogP contribution in [0.5, 0.6) is 0 Å². The minimum Gasteiger partial charge on any atom is -0.447 e. The summed E-state index contributed by atoms with van der Waals surface area (Å²) in [6.07, 6.45) is 0.229. The van der Waals surface area contributed by atoms with Gasteiger partial charge in [-0.05, 0) is 17.7 Å². The quantitative estimate of drug-likeness (QED) is 0.499. The van der Waals surface area contributed by atoms with Gasteiger partial charge in [0, 0.05) is 42.4 Å². The number of nitrogens with zero attached hydrogens (tertiary/aromatic N) is 1. The summed E-state index contributed by atoms with van der Waals surface area (Å²) in [4.78, 5) is 62.6. The van der Waals surface area contributed by atoms with Crippen molar-refractivity contribution in [2.45, 2.75) is 13.0 Å². The second kappa shape index (κ2) is 7.86. The summed E-state index contributed by atoms with van der Waals surface area (Å²) in [5, 5.41) is 4.96. The van der Waals surface area contributed by atoms with Gasteiger partial charge < -0.3 is 9.73 Å². The van der Waals surface area contributed by atoms with Crippen molar-refractivity contribution < 1.29 is 28.4 Å². The number of urea groups is 1. The summed E-state index contributed by atoms with van der Waals surface area (Å²) in [6, 6.07) is 14.2. The molecule has 9 nitrogen and oxygen atoms in total. The number of benzene rings is 2. The minimum absolute atomic E-state index is 0.0755. The van der Waals surface area contributed by atoms with Crippen molar-refractivity contribution in [1.82, 2.24) is 10.6 Å². The molecule has 2 aromatic carbocycles. The highest BCUT2D eigenvalue weighted by Crippen LogP contribution is 2.29. The van der Waals surface area contributed by atoms with Crippen molar-refractivity contribution in [1.29, 1.82) is 0 Å². The van der Waals surface area contributed by atoms with Gasteiger partial charge >= 0.3 is 6.03 Å². The molecule has 2 heterocycles. The van der Waals surface area contributed by atoms with Crippen molar-refractivity contribution in [2.24, 2.45) is 0 Å². The minimum atomic E-state index is -0.563. The first-order chi connectivity index (χ1) is 15.9. The van der Waals surface area contributed by atoms with Gasteiger partial charge in [0.25, 0.3) is 5.91 Å². The SMILES string of the molecule is O=C1CCN(c2ccc(CNC(=O)c3cc4c(o3)C(=O)c3ccccc3C4=O)cc2)C(=O)N1. The zero-order chi connectivity index (χ0) is 23.1. The number of fused-ring (bicyclic) bond motifs is 2. The van der Waals surface area contributed by atoms with Crippen LogP contribution in [0, 0.1) is 0 Å². The third-order valence-corrected chi connectivity index (χ3v) is 5.58. The number of furan rings is 1. The molecule has 0 spiro atoms. The molecule has 1 fully saturated rings. The van der Waals surface area contributed by atoms with E-state index in [1.165, 1.54) is 11.0 Å². The van der Waals surface area contributed by atoms with Crippen molar-refractivity contribution in [3.8, 4) is 0 Å². The Morgan fingerprint density at radius 1 is 0.939 bits per heavy atom. The molecule has 4 amide bonds. The number of rotatable bonds is 4. The maximum absolute atomic E-state index is 12.7. The molecule has 9 heteroatoms. The molecule has 3 aromatic rings. The van der Waals surface area contributed by atoms with E-state index >= 15 is 0 Å². The summed E-state index contributed by atoms with van der Waals surface area (Å²) in [7, 11) is 0. The van der Waals surface area contributed by atoms with E-state index in [0.29, 0.717) is 12.2 Å². The number of amides is 4. The largest absolute Gasteiger partial charge is 0.447 e. The number of carbonyl (C=O) groups is 5. The van der Waals surface area contributed by atoms with Crippen molar-refractivity contribution in [2.75, 3.05) is 11.4 Å². The third kappa shape index (κ3) is 3.59. The number of imide groups is 1. The molecule has 1 aliphatic carbocycles. The van der Waals surface area contributed by atoms with E-state index in [-0.39, 0.29) is 52.9 Å². The second-order valence-electron chi connectivity index (χ2n) is 7.66. The van der Waals surface area contributed by atoms with E-state index in [2.05, 4.69) is 10.6 Å². The Balaban J connectivity index is 1.27. The number of nitrogens with one attached hydrogen (secondary N) is 2. The standard InChI is InChI=1S/C24H17N3O6/c28-19-9-10-27(24(32)26-19)14-7-5-13(6-8-14)12-25-23(31)18-11-17-20(29)15-3-1-2-4-16(15)21(30)22(17)33-18/h1-8,11H,9-10,12H2,(H,25,31)(H,26,28,32). The predicted molar refractivity (Wildman–Crippen MR) is 115 cm³/mol. The molecular weight excluding hydrogens is 426 g/mol. The van der Waals surface area contributed by atoms with Crippen LogP contribution in [-0.4, -0.2) is 36.0 Å². The molecule has 2 N–H and O–H groups in total. The first kappa shape index (κ1) is 20.4. The zero-order valence-electron chi connectivity index (χ0n) is 17.2. The molecule has 33 heavy (non-hydrogen) atoms. The lowest BCUT2D eigenvalue weighted by Crippen LogP contribution is -2.49. The van der Waals surface area contributed by atoms with Gasteiger partial charge in [0.1, 0.15) is 0 Å². The van der Waals surface area contributed by atoms with E-state index in [1.807, 2.05) is 0 Å². The summed E-state index contributed by atoms with van der Waals surface area (Å²) in [5.41, 5.74) is 2.01. The van der Waals surface area contributed by atoms with Crippen LogP contribution < -0.4 is 15.5 Å². The highest BCUT2D eigenvalue weighted by Gasteiger charge is 2.34. The maximum atomic E-state index is 12.7. The number of anilines is 1. The lowest BCUT2D eigenvalue weighted by molar-refractivity contribution is -0.120. The van der Waals surface area contributed by atoms with Crippen molar-refractivity contribution in [3.05, 3.63) is 88.4 Å². The van der Waals surface area contributed by atoms with Gasteiger partial charge in [-0.2, -0.15) is 0 Å². The fraction of sp³-hybridized carbons (Fsp3) is 0.125. The Morgan fingerprint density at radius 2 is 1.64 bits per heavy atom. The lowest BCUT2D eigenvalue weighted by atomic mass is 9.89. The Morgan fingerprint density at radius 3 is 2.33 bits per heavy atom. The van der Waals surface area contributed by atoms with E-state index in [4.69, 9.17) is 4.42 Å². The molecule has 1 aliphatic heterocycles. The van der Waals surface area contributed by atoms with Crippen LogP contribution in [0.3, 0.4) is 0 Å². The van der Waals surface area contributed by atoms with Crippen LogP contribution in [-0.2, 0) is 11.3 Å². The summed E-state index contributed by atoms with van der Waals surface area (Å²) in [5.74, 6) is -1.91. The van der Waals surface area contributed by atoms with E-state index < -0.39 is 17.7 Å². The number of carbonyl (C=O) groups excluding carboxylic acids is 5. The van der Waals surface area contributed by atoms with Gasteiger partial charge in [-0.1, -0.05) is 36.4 Å². The fourth-order valence-corrected chi connectivity index (χ4v) is 3.86. The van der Waals surface area contributed by atoms with Crippen LogP contribution in [0.1, 0.15) is 54.6 Å². The predicted octanol–water partition coefficient (Wildman–Crippen LogP) is 2.43. The van der Waals surface area contributed by atoms with Gasteiger partial charge in [0.2, 0.25) is 11.7 Å². The Bertz CT molecular complexity index is 1290. The molecule has 0 saturated carbocycles. The Kier molecular flexibility index (Phi) is 4.86. The first-order valence-electron chi connectivity index (χ1n) is 10.2. The Labute approximate surface area is 187 Å². The normalized spacial score (nSPS) is 15.1. The molecule has 5 rings (SSSR count). The molecular formula is C24H17N3O6. The molecule has 164 valence electrons.